The number of aromatic nitrogens is 3. The molecule has 0 unspecified atom stereocenters. The topological polar surface area (TPSA) is 62.5 Å². The summed E-state index contributed by atoms with van der Waals surface area (Å²) in [5, 5.41) is 7.11. The molecule has 174 valence electrons. The summed E-state index contributed by atoms with van der Waals surface area (Å²) < 4.78 is 42.9. The minimum absolute atomic E-state index is 0.289. The van der Waals surface area contributed by atoms with Crippen LogP contribution in [0.3, 0.4) is 0 Å². The molecule has 0 aliphatic carbocycles. The highest BCUT2D eigenvalue weighted by Gasteiger charge is 2.29. The van der Waals surface area contributed by atoms with Crippen molar-refractivity contribution in [2.75, 3.05) is 18.0 Å². The number of hydrogen-bond donors (Lipinski definition) is 1. The maximum atomic E-state index is 14.5. The fraction of sp³-hybridized carbons (Fsp3) is 0.240. The Morgan fingerprint density at radius 2 is 1.91 bits per heavy atom. The van der Waals surface area contributed by atoms with Crippen LogP contribution in [0.1, 0.15) is 40.5 Å². The molecule has 1 fully saturated rings. The Labute approximate surface area is 194 Å². The van der Waals surface area contributed by atoms with Crippen molar-refractivity contribution in [3.8, 4) is 0 Å². The van der Waals surface area contributed by atoms with E-state index in [0.717, 1.165) is 30.4 Å². The molecule has 9 heteroatoms. The predicted molar refractivity (Wildman–Crippen MR) is 121 cm³/mol. The quantitative estimate of drug-likeness (QED) is 0.457. The number of nitrogens with zero attached hydrogens (tertiary/aromatic N) is 4. The number of rotatable bonds is 6. The normalized spacial score (nSPS) is 15.7. The van der Waals surface area contributed by atoms with Crippen LogP contribution in [0.15, 0.2) is 61.1 Å². The minimum Gasteiger partial charge on any atom is -0.364 e. The van der Waals surface area contributed by atoms with Crippen LogP contribution in [-0.4, -0.2) is 33.6 Å². The molecule has 1 aliphatic rings. The van der Waals surface area contributed by atoms with Crippen molar-refractivity contribution >= 4 is 17.1 Å². The zero-order chi connectivity index (χ0) is 23.7. The minimum atomic E-state index is -0.468. The molecule has 4 aromatic rings. The lowest BCUT2D eigenvalue weighted by atomic mass is 10.0. The van der Waals surface area contributed by atoms with Gasteiger partial charge < -0.3 is 10.2 Å². The van der Waals surface area contributed by atoms with Gasteiger partial charge in [-0.1, -0.05) is 0 Å². The molecule has 1 amide bonds. The van der Waals surface area contributed by atoms with Gasteiger partial charge in [0.05, 0.1) is 29.5 Å². The molecule has 1 N–H and O–H groups in total. The Morgan fingerprint density at radius 3 is 2.74 bits per heavy atom. The van der Waals surface area contributed by atoms with Gasteiger partial charge in [-0.3, -0.25) is 9.78 Å². The third kappa shape index (κ3) is 4.33. The number of amides is 1. The first-order chi connectivity index (χ1) is 16.5. The molecule has 0 bridgehead atoms. The second kappa shape index (κ2) is 9.17. The van der Waals surface area contributed by atoms with Gasteiger partial charge in [0.15, 0.2) is 0 Å². The third-order valence-electron chi connectivity index (χ3n) is 6.11. The summed E-state index contributed by atoms with van der Waals surface area (Å²) in [6.45, 7) is 1.03. The second-order valence-electron chi connectivity index (χ2n) is 8.26. The van der Waals surface area contributed by atoms with Crippen LogP contribution < -0.4 is 10.2 Å². The summed E-state index contributed by atoms with van der Waals surface area (Å²) in [4.78, 5) is 18.8. The number of carbonyl (C=O) groups is 1. The predicted octanol–water partition coefficient (Wildman–Crippen LogP) is 4.46. The molecule has 34 heavy (non-hydrogen) atoms. The molecule has 0 saturated carbocycles. The number of pyridine rings is 2. The molecule has 5 rings (SSSR count). The number of benzene rings is 1. The Bertz CT molecular complexity index is 1340. The summed E-state index contributed by atoms with van der Waals surface area (Å²) in [6.07, 6.45) is 6.40. The number of hydrogen-bond acceptors (Lipinski definition) is 4. The van der Waals surface area contributed by atoms with E-state index in [0.29, 0.717) is 48.3 Å². The van der Waals surface area contributed by atoms with E-state index in [1.54, 1.807) is 16.8 Å². The van der Waals surface area contributed by atoms with E-state index in [-0.39, 0.29) is 11.9 Å². The number of halogens is 3. The zero-order valence-electron chi connectivity index (χ0n) is 18.2. The highest BCUT2D eigenvalue weighted by atomic mass is 19.1. The van der Waals surface area contributed by atoms with Gasteiger partial charge in [0, 0.05) is 42.7 Å². The van der Waals surface area contributed by atoms with E-state index in [9.17, 15) is 18.0 Å². The van der Waals surface area contributed by atoms with Gasteiger partial charge in [-0.05, 0) is 55.3 Å². The molecule has 1 aliphatic heterocycles. The van der Waals surface area contributed by atoms with Gasteiger partial charge >= 0.3 is 0 Å². The summed E-state index contributed by atoms with van der Waals surface area (Å²) in [7, 11) is 0. The van der Waals surface area contributed by atoms with Crippen molar-refractivity contribution in [2.45, 2.75) is 25.3 Å². The van der Waals surface area contributed by atoms with Gasteiger partial charge in [0.2, 0.25) is 0 Å². The van der Waals surface area contributed by atoms with Crippen molar-refractivity contribution in [3.63, 3.8) is 0 Å². The van der Waals surface area contributed by atoms with Crippen LogP contribution in [0.25, 0.3) is 5.52 Å². The number of nitrogens with one attached hydrogen (secondary N) is 1. The van der Waals surface area contributed by atoms with Crippen molar-refractivity contribution in [3.05, 3.63) is 95.3 Å². The molecule has 1 aromatic carbocycles. The lowest BCUT2D eigenvalue weighted by Gasteiger charge is -2.27. The molecule has 1 saturated heterocycles. The van der Waals surface area contributed by atoms with Crippen LogP contribution >= 0.6 is 0 Å². The zero-order valence-corrected chi connectivity index (χ0v) is 18.2. The monoisotopic (exact) mass is 465 g/mol. The van der Waals surface area contributed by atoms with E-state index in [4.69, 9.17) is 0 Å². The summed E-state index contributed by atoms with van der Waals surface area (Å²) in [5.41, 5.74) is 2.83. The van der Waals surface area contributed by atoms with E-state index >= 15 is 0 Å². The first kappa shape index (κ1) is 21.9. The Kier molecular flexibility index (Phi) is 5.91. The van der Waals surface area contributed by atoms with Crippen LogP contribution in [0.5, 0.6) is 0 Å². The van der Waals surface area contributed by atoms with Gasteiger partial charge in [-0.15, -0.1) is 0 Å². The molecule has 1 atom stereocenters. The van der Waals surface area contributed by atoms with Crippen LogP contribution in [0.4, 0.5) is 18.9 Å². The molecular formula is C25H22F3N5O. The highest BCUT2D eigenvalue weighted by molar-refractivity contribution is 6.01. The second-order valence-corrected chi connectivity index (χ2v) is 8.26. The van der Waals surface area contributed by atoms with Gasteiger partial charge in [-0.25, -0.2) is 17.7 Å². The van der Waals surface area contributed by atoms with Gasteiger partial charge in [0.1, 0.15) is 17.5 Å². The standard InChI is InChI=1S/C25H22F3N5O/c26-16-4-6-22(28)20(12-16)23-2-1-10-32(23)19-8-11-33-24(13-19)21(15-31-33)25(34)29-9-7-18-5-3-17(27)14-30-18/h3-6,8,11-15,23H,1-2,7,9-10H2,(H,29,34)/t23-/m1/s1. The number of carbonyl (C=O) groups excluding carboxylic acids is 1. The van der Waals surface area contributed by atoms with Crippen LogP contribution in [0.2, 0.25) is 0 Å². The summed E-state index contributed by atoms with van der Waals surface area (Å²) in [6, 6.07) is 9.86. The molecule has 4 heterocycles. The van der Waals surface area contributed by atoms with Crippen molar-refractivity contribution in [1.82, 2.24) is 19.9 Å². The lowest BCUT2D eigenvalue weighted by molar-refractivity contribution is 0.0955. The molecule has 6 nitrogen and oxygen atoms in total. The summed E-state index contributed by atoms with van der Waals surface area (Å²) >= 11 is 0. The lowest BCUT2D eigenvalue weighted by Crippen LogP contribution is -2.26. The molecule has 0 spiro atoms. The van der Waals surface area contributed by atoms with Gasteiger partial charge in [0.25, 0.3) is 5.91 Å². The van der Waals surface area contributed by atoms with Crippen molar-refractivity contribution in [2.24, 2.45) is 0 Å². The van der Waals surface area contributed by atoms with Crippen molar-refractivity contribution < 1.29 is 18.0 Å². The Morgan fingerprint density at radius 1 is 1.06 bits per heavy atom. The fourth-order valence-corrected chi connectivity index (χ4v) is 4.45. The van der Waals surface area contributed by atoms with E-state index < -0.39 is 17.5 Å². The average Bonchev–Trinajstić information content (AvgIpc) is 3.49. The fourth-order valence-electron chi connectivity index (χ4n) is 4.45. The number of fused-ring (bicyclic) bond motifs is 1. The average molecular weight is 465 g/mol. The van der Waals surface area contributed by atoms with E-state index in [1.807, 2.05) is 17.0 Å². The van der Waals surface area contributed by atoms with Crippen molar-refractivity contribution in [1.29, 1.82) is 0 Å². The molecular weight excluding hydrogens is 443 g/mol. The highest BCUT2D eigenvalue weighted by Crippen LogP contribution is 2.38. The van der Waals surface area contributed by atoms with E-state index in [1.165, 1.54) is 18.3 Å². The number of anilines is 1. The smallest absolute Gasteiger partial charge is 0.255 e. The van der Waals surface area contributed by atoms with Crippen LogP contribution in [0, 0.1) is 17.5 Å². The Balaban J connectivity index is 1.35. The SMILES string of the molecule is O=C(NCCc1ccc(F)cn1)c1cnn2ccc(N3CCC[C@@H]3c3cc(F)ccc3F)cc12. The maximum Gasteiger partial charge on any atom is 0.255 e. The molecule has 0 radical (unpaired) electrons. The third-order valence-corrected chi connectivity index (χ3v) is 6.11. The first-order valence-corrected chi connectivity index (χ1v) is 11.1. The molecule has 3 aromatic heterocycles. The maximum absolute atomic E-state index is 14.5. The Hall–Kier alpha value is -3.88. The first-order valence-electron chi connectivity index (χ1n) is 11.1. The summed E-state index contributed by atoms with van der Waals surface area (Å²) in [5.74, 6) is -1.59. The van der Waals surface area contributed by atoms with Crippen LogP contribution in [-0.2, 0) is 6.42 Å². The van der Waals surface area contributed by atoms with Gasteiger partial charge in [-0.2, -0.15) is 5.10 Å². The van der Waals surface area contributed by atoms with E-state index in [2.05, 4.69) is 15.4 Å². The largest absolute Gasteiger partial charge is 0.364 e.